The molecule has 0 aromatic heterocycles. The van der Waals surface area contributed by atoms with E-state index in [-0.39, 0.29) is 11.6 Å². The molecule has 5 rings (SSSR count). The summed E-state index contributed by atoms with van der Waals surface area (Å²) in [5, 5.41) is 8.48. The predicted molar refractivity (Wildman–Crippen MR) is 190 cm³/mol. The second kappa shape index (κ2) is 16.3. The second-order valence-electron chi connectivity index (χ2n) is 10.2. The third-order valence-electron chi connectivity index (χ3n) is 6.87. The first-order valence-electron chi connectivity index (χ1n) is 14.9. The van der Waals surface area contributed by atoms with Gasteiger partial charge in [-0.1, -0.05) is 78.3 Å². The van der Waals surface area contributed by atoms with E-state index >= 15 is 0 Å². The Bertz CT molecular complexity index is 1850. The topological polar surface area (TPSA) is 96.5 Å². The maximum Gasteiger partial charge on any atom is 0.272 e. The zero-order chi connectivity index (χ0) is 33.0. The first-order chi connectivity index (χ1) is 22.9. The van der Waals surface area contributed by atoms with Crippen molar-refractivity contribution in [2.24, 2.45) is 0 Å². The lowest BCUT2D eigenvalue weighted by Gasteiger charge is -2.18. The molecule has 47 heavy (non-hydrogen) atoms. The van der Waals surface area contributed by atoms with E-state index in [4.69, 9.17) is 16.3 Å². The van der Waals surface area contributed by atoms with Gasteiger partial charge in [-0.25, -0.2) is 0 Å². The molecule has 5 aromatic carbocycles. The van der Waals surface area contributed by atoms with Crippen LogP contribution in [0.5, 0.6) is 5.75 Å². The molecular formula is C38H32ClN3O4S. The summed E-state index contributed by atoms with van der Waals surface area (Å²) in [7, 11) is 0. The highest BCUT2D eigenvalue weighted by Crippen LogP contribution is 2.37. The molecule has 236 valence electrons. The van der Waals surface area contributed by atoms with Gasteiger partial charge in [-0.2, -0.15) is 0 Å². The molecule has 5 aromatic rings. The molecule has 0 aliphatic rings. The van der Waals surface area contributed by atoms with Crippen molar-refractivity contribution in [2.45, 2.75) is 17.1 Å². The maximum absolute atomic E-state index is 13.5. The van der Waals surface area contributed by atoms with Crippen molar-refractivity contribution in [3.8, 4) is 5.75 Å². The Hall–Kier alpha value is -5.31. The Kier molecular flexibility index (Phi) is 11.5. The van der Waals surface area contributed by atoms with Gasteiger partial charge >= 0.3 is 0 Å². The van der Waals surface area contributed by atoms with Crippen LogP contribution < -0.4 is 20.7 Å². The van der Waals surface area contributed by atoms with E-state index < -0.39 is 17.1 Å². The molecule has 0 bridgehead atoms. The molecule has 0 saturated heterocycles. The highest BCUT2D eigenvalue weighted by Gasteiger charge is 2.23. The Labute approximate surface area is 283 Å². The molecule has 0 saturated carbocycles. The van der Waals surface area contributed by atoms with E-state index in [9.17, 15) is 14.4 Å². The van der Waals surface area contributed by atoms with Gasteiger partial charge in [-0.05, 0) is 90.9 Å². The summed E-state index contributed by atoms with van der Waals surface area (Å²) in [6, 6.07) is 39.6. The normalized spacial score (nSPS) is 11.7. The number of anilines is 2. The molecule has 7 nitrogen and oxygen atoms in total. The van der Waals surface area contributed by atoms with Gasteiger partial charge in [-0.3, -0.25) is 14.4 Å². The molecule has 9 heteroatoms. The third kappa shape index (κ3) is 9.36. The van der Waals surface area contributed by atoms with E-state index in [0.29, 0.717) is 34.1 Å². The summed E-state index contributed by atoms with van der Waals surface area (Å²) >= 11 is 7.74. The molecule has 1 unspecified atom stereocenters. The van der Waals surface area contributed by atoms with Gasteiger partial charge < -0.3 is 20.7 Å². The lowest BCUT2D eigenvalue weighted by atomic mass is 10.1. The standard InChI is InChI=1S/C38H32ClN3O4S/c1-2-46-31-21-17-29(18-22-31)41-38(45)35(26-11-5-3-6-12-26)47-32-23-19-30(20-24-32)40-37(44)34(25-28-15-9-10-16-33(28)39)42-36(43)27-13-7-4-8-14-27/h3-25,35H,2H2,1H3,(H,40,44)(H,41,45)(H,42,43)/b34-25-. The molecule has 0 heterocycles. The van der Waals surface area contributed by atoms with Crippen molar-refractivity contribution in [1.29, 1.82) is 0 Å². The number of carbonyl (C=O) groups is 3. The van der Waals surface area contributed by atoms with Crippen LogP contribution in [0.4, 0.5) is 11.4 Å². The van der Waals surface area contributed by atoms with Crippen molar-refractivity contribution in [3.63, 3.8) is 0 Å². The van der Waals surface area contributed by atoms with Crippen LogP contribution in [0.15, 0.2) is 144 Å². The minimum Gasteiger partial charge on any atom is -0.494 e. The van der Waals surface area contributed by atoms with Crippen LogP contribution in [0, 0.1) is 0 Å². The zero-order valence-corrected chi connectivity index (χ0v) is 27.1. The van der Waals surface area contributed by atoms with E-state index in [1.165, 1.54) is 17.8 Å². The minimum atomic E-state index is -0.540. The molecule has 0 spiro atoms. The van der Waals surface area contributed by atoms with Crippen LogP contribution in [0.3, 0.4) is 0 Å². The van der Waals surface area contributed by atoms with Gasteiger partial charge in [0.05, 0.1) is 6.61 Å². The fraction of sp³-hybridized carbons (Fsp3) is 0.0789. The number of rotatable bonds is 12. The largest absolute Gasteiger partial charge is 0.494 e. The monoisotopic (exact) mass is 661 g/mol. The molecule has 0 fully saturated rings. The van der Waals surface area contributed by atoms with Crippen molar-refractivity contribution in [2.75, 3.05) is 17.2 Å². The van der Waals surface area contributed by atoms with Crippen LogP contribution >= 0.6 is 23.4 Å². The molecule has 1 atom stereocenters. The van der Waals surface area contributed by atoms with E-state index in [2.05, 4.69) is 16.0 Å². The number of ether oxygens (including phenoxy) is 1. The number of hydrogen-bond acceptors (Lipinski definition) is 5. The quantitative estimate of drug-likeness (QED) is 0.0919. The van der Waals surface area contributed by atoms with Crippen LogP contribution in [-0.2, 0) is 9.59 Å². The number of amides is 3. The summed E-state index contributed by atoms with van der Waals surface area (Å²) in [4.78, 5) is 40.7. The first-order valence-corrected chi connectivity index (χ1v) is 16.1. The number of thioether (sulfide) groups is 1. The van der Waals surface area contributed by atoms with Crippen molar-refractivity contribution >= 4 is 58.5 Å². The van der Waals surface area contributed by atoms with Crippen LogP contribution in [-0.4, -0.2) is 24.3 Å². The average Bonchev–Trinajstić information content (AvgIpc) is 3.10. The molecule has 0 aliphatic heterocycles. The Morgan fingerprint density at radius 1 is 0.745 bits per heavy atom. The maximum atomic E-state index is 13.5. The zero-order valence-electron chi connectivity index (χ0n) is 25.5. The van der Waals surface area contributed by atoms with E-state index in [1.54, 1.807) is 60.7 Å². The van der Waals surface area contributed by atoms with E-state index in [0.717, 1.165) is 16.2 Å². The summed E-state index contributed by atoms with van der Waals surface area (Å²) in [6.45, 7) is 2.48. The van der Waals surface area contributed by atoms with Crippen LogP contribution in [0.2, 0.25) is 5.02 Å². The second-order valence-corrected chi connectivity index (χ2v) is 11.8. The fourth-order valence-corrected chi connectivity index (χ4v) is 5.77. The Morgan fingerprint density at radius 2 is 1.34 bits per heavy atom. The number of carbonyl (C=O) groups excluding carboxylic acids is 3. The van der Waals surface area contributed by atoms with Gasteiger partial charge in [0.1, 0.15) is 16.7 Å². The molecule has 0 aliphatic carbocycles. The summed E-state index contributed by atoms with van der Waals surface area (Å²) in [6.07, 6.45) is 1.54. The number of halogens is 1. The summed E-state index contributed by atoms with van der Waals surface area (Å²) in [5.74, 6) is -0.393. The highest BCUT2D eigenvalue weighted by molar-refractivity contribution is 8.00. The lowest BCUT2D eigenvalue weighted by molar-refractivity contribution is -0.116. The van der Waals surface area contributed by atoms with Gasteiger partial charge in [0.15, 0.2) is 0 Å². The summed E-state index contributed by atoms with van der Waals surface area (Å²) < 4.78 is 5.50. The first kappa shape index (κ1) is 33.1. The number of nitrogens with one attached hydrogen (secondary N) is 3. The van der Waals surface area contributed by atoms with Crippen molar-refractivity contribution in [3.05, 3.63) is 161 Å². The summed E-state index contributed by atoms with van der Waals surface area (Å²) in [5.41, 5.74) is 3.04. The minimum absolute atomic E-state index is 0.0282. The van der Waals surface area contributed by atoms with Crippen LogP contribution in [0.1, 0.15) is 33.7 Å². The van der Waals surface area contributed by atoms with Crippen LogP contribution in [0.25, 0.3) is 6.08 Å². The number of hydrogen-bond donors (Lipinski definition) is 3. The SMILES string of the molecule is CCOc1ccc(NC(=O)C(Sc2ccc(NC(=O)/C(=C/c3ccccc3Cl)NC(=O)c3ccccc3)cc2)c2ccccc2)cc1. The number of benzene rings is 5. The fourth-order valence-electron chi connectivity index (χ4n) is 4.55. The highest BCUT2D eigenvalue weighted by atomic mass is 35.5. The Morgan fingerprint density at radius 3 is 2.00 bits per heavy atom. The van der Waals surface area contributed by atoms with Crippen molar-refractivity contribution < 1.29 is 19.1 Å². The van der Waals surface area contributed by atoms with Gasteiger partial charge in [0.25, 0.3) is 11.8 Å². The smallest absolute Gasteiger partial charge is 0.272 e. The third-order valence-corrected chi connectivity index (χ3v) is 8.48. The Balaban J connectivity index is 1.31. The predicted octanol–water partition coefficient (Wildman–Crippen LogP) is 8.62. The van der Waals surface area contributed by atoms with Crippen molar-refractivity contribution in [1.82, 2.24) is 5.32 Å². The molecular weight excluding hydrogens is 630 g/mol. The van der Waals surface area contributed by atoms with Gasteiger partial charge in [-0.15, -0.1) is 11.8 Å². The molecule has 3 N–H and O–H groups in total. The van der Waals surface area contributed by atoms with Gasteiger partial charge in [0, 0.05) is 26.9 Å². The lowest BCUT2D eigenvalue weighted by Crippen LogP contribution is -2.30. The van der Waals surface area contributed by atoms with Gasteiger partial charge in [0.2, 0.25) is 5.91 Å². The molecule has 0 radical (unpaired) electrons. The molecule has 3 amide bonds. The average molecular weight is 662 g/mol. The van der Waals surface area contributed by atoms with E-state index in [1.807, 2.05) is 79.7 Å².